The highest BCUT2D eigenvalue weighted by molar-refractivity contribution is 14.0. The van der Waals surface area contributed by atoms with E-state index in [-0.39, 0.29) is 30.1 Å². The van der Waals surface area contributed by atoms with Crippen molar-refractivity contribution in [2.75, 3.05) is 53.0 Å². The fourth-order valence-electron chi connectivity index (χ4n) is 4.30. The van der Waals surface area contributed by atoms with Crippen LogP contribution in [0.15, 0.2) is 4.99 Å². The molecule has 1 N–H and O–H groups in total. The van der Waals surface area contributed by atoms with Gasteiger partial charge in [0.15, 0.2) is 5.96 Å². The first-order chi connectivity index (χ1) is 12.8. The predicted octanol–water partition coefficient (Wildman–Crippen LogP) is 2.94. The van der Waals surface area contributed by atoms with Crippen LogP contribution in [0.4, 0.5) is 4.79 Å². The Hall–Kier alpha value is -0.770. The van der Waals surface area contributed by atoms with Gasteiger partial charge < -0.3 is 24.6 Å². The zero-order valence-corrected chi connectivity index (χ0v) is 20.2. The average molecular weight is 508 g/mol. The van der Waals surface area contributed by atoms with Gasteiger partial charge in [-0.2, -0.15) is 0 Å². The van der Waals surface area contributed by atoms with Crippen LogP contribution in [-0.2, 0) is 9.47 Å². The number of nitrogens with zero attached hydrogens (tertiary/aromatic N) is 3. The first-order valence-corrected chi connectivity index (χ1v) is 10.3. The highest BCUT2D eigenvalue weighted by Gasteiger charge is 2.42. The van der Waals surface area contributed by atoms with Gasteiger partial charge >= 0.3 is 6.09 Å². The minimum absolute atomic E-state index is 0. The van der Waals surface area contributed by atoms with E-state index >= 15 is 0 Å². The fourth-order valence-corrected chi connectivity index (χ4v) is 4.30. The second kappa shape index (κ2) is 9.82. The van der Waals surface area contributed by atoms with Crippen LogP contribution in [0.25, 0.3) is 0 Å². The second-order valence-electron chi connectivity index (χ2n) is 9.31. The smallest absolute Gasteiger partial charge is 0.410 e. The van der Waals surface area contributed by atoms with Gasteiger partial charge in [-0.3, -0.25) is 4.99 Å². The number of nitrogens with one attached hydrogen (secondary N) is 1. The fraction of sp³-hybridized carbons (Fsp3) is 0.900. The molecule has 3 fully saturated rings. The predicted molar refractivity (Wildman–Crippen MR) is 121 cm³/mol. The Morgan fingerprint density at radius 2 is 1.93 bits per heavy atom. The standard InChI is InChI=1S/C20H36N4O3.HI/c1-19(2,3)27-18(25)23-9-5-16(6-10-23)13-22-17(21-4)24-11-7-20(14-24)8-12-26-15-20;/h16H,5-15H2,1-4H3,(H,21,22);1H. The lowest BCUT2D eigenvalue weighted by molar-refractivity contribution is 0.0185. The summed E-state index contributed by atoms with van der Waals surface area (Å²) in [6.45, 7) is 12.1. The molecule has 162 valence electrons. The third-order valence-corrected chi connectivity index (χ3v) is 5.95. The molecule has 0 aromatic carbocycles. The number of carbonyl (C=O) groups excluding carboxylic acids is 1. The Bertz CT molecular complexity index is 550. The van der Waals surface area contributed by atoms with Crippen LogP contribution in [0, 0.1) is 11.3 Å². The Morgan fingerprint density at radius 1 is 1.21 bits per heavy atom. The molecule has 3 saturated heterocycles. The molecule has 0 aromatic rings. The number of halogens is 1. The number of aliphatic imine (C=N–C) groups is 1. The van der Waals surface area contributed by atoms with Crippen LogP contribution in [0.1, 0.15) is 46.5 Å². The Kier molecular flexibility index (Phi) is 8.25. The van der Waals surface area contributed by atoms with Gasteiger partial charge in [0, 0.05) is 51.8 Å². The first kappa shape index (κ1) is 23.5. The zero-order valence-electron chi connectivity index (χ0n) is 17.8. The molecule has 28 heavy (non-hydrogen) atoms. The molecule has 3 aliphatic rings. The molecule has 3 heterocycles. The molecule has 0 saturated carbocycles. The van der Waals surface area contributed by atoms with Gasteiger partial charge in [0.25, 0.3) is 0 Å². The maximum Gasteiger partial charge on any atom is 0.410 e. The highest BCUT2D eigenvalue weighted by atomic mass is 127. The van der Waals surface area contributed by atoms with Gasteiger partial charge in [-0.05, 0) is 52.4 Å². The summed E-state index contributed by atoms with van der Waals surface area (Å²) in [4.78, 5) is 20.9. The van der Waals surface area contributed by atoms with Crippen LogP contribution < -0.4 is 5.32 Å². The van der Waals surface area contributed by atoms with E-state index in [1.54, 1.807) is 0 Å². The summed E-state index contributed by atoms with van der Waals surface area (Å²) in [5.41, 5.74) is -0.0875. The first-order valence-electron chi connectivity index (χ1n) is 10.3. The van der Waals surface area contributed by atoms with Gasteiger partial charge in [0.1, 0.15) is 5.60 Å². The maximum atomic E-state index is 12.2. The molecule has 1 unspecified atom stereocenters. The van der Waals surface area contributed by atoms with Crippen LogP contribution in [0.3, 0.4) is 0 Å². The van der Waals surface area contributed by atoms with Crippen molar-refractivity contribution < 1.29 is 14.3 Å². The molecule has 0 aromatic heterocycles. The SMILES string of the molecule is CN=C(NCC1CCN(C(=O)OC(C)(C)C)CC1)N1CCC2(CCOC2)C1.I. The Morgan fingerprint density at radius 3 is 2.50 bits per heavy atom. The summed E-state index contributed by atoms with van der Waals surface area (Å²) in [5, 5.41) is 3.57. The summed E-state index contributed by atoms with van der Waals surface area (Å²) in [5.74, 6) is 1.57. The molecule has 0 radical (unpaired) electrons. The molecule has 0 bridgehead atoms. The number of ether oxygens (including phenoxy) is 2. The normalized spacial score (nSPS) is 26.5. The molecule has 8 heteroatoms. The van der Waals surface area contributed by atoms with Gasteiger partial charge in [-0.25, -0.2) is 4.79 Å². The van der Waals surface area contributed by atoms with E-state index in [2.05, 4.69) is 15.2 Å². The molecule has 1 atom stereocenters. The van der Waals surface area contributed by atoms with Crippen molar-refractivity contribution in [2.24, 2.45) is 16.3 Å². The third kappa shape index (κ3) is 6.11. The number of amides is 1. The van der Waals surface area contributed by atoms with Crippen molar-refractivity contribution in [3.8, 4) is 0 Å². The number of piperidine rings is 1. The van der Waals surface area contributed by atoms with E-state index in [0.29, 0.717) is 11.3 Å². The molecular weight excluding hydrogens is 471 g/mol. The van der Waals surface area contributed by atoms with E-state index in [9.17, 15) is 4.79 Å². The molecule has 3 rings (SSSR count). The number of carbonyl (C=O) groups is 1. The topological polar surface area (TPSA) is 66.4 Å². The molecule has 1 spiro atoms. The average Bonchev–Trinajstić information content (AvgIpc) is 3.25. The largest absolute Gasteiger partial charge is 0.444 e. The van der Waals surface area contributed by atoms with Gasteiger partial charge in [0.05, 0.1) is 6.61 Å². The summed E-state index contributed by atoms with van der Waals surface area (Å²) in [6.07, 6.45) is 4.18. The van der Waals surface area contributed by atoms with E-state index in [0.717, 1.165) is 64.7 Å². The van der Waals surface area contributed by atoms with E-state index in [1.807, 2.05) is 32.7 Å². The van der Waals surface area contributed by atoms with Gasteiger partial charge in [0.2, 0.25) is 0 Å². The van der Waals surface area contributed by atoms with Gasteiger partial charge in [-0.1, -0.05) is 0 Å². The zero-order chi connectivity index (χ0) is 19.5. The minimum Gasteiger partial charge on any atom is -0.444 e. The quantitative estimate of drug-likeness (QED) is 0.353. The maximum absolute atomic E-state index is 12.2. The van der Waals surface area contributed by atoms with E-state index in [1.165, 1.54) is 12.8 Å². The van der Waals surface area contributed by atoms with Crippen molar-refractivity contribution in [1.29, 1.82) is 0 Å². The summed E-state index contributed by atoms with van der Waals surface area (Å²) >= 11 is 0. The van der Waals surface area contributed by atoms with Crippen molar-refractivity contribution in [1.82, 2.24) is 15.1 Å². The third-order valence-electron chi connectivity index (χ3n) is 5.95. The summed E-state index contributed by atoms with van der Waals surface area (Å²) < 4.78 is 11.1. The number of likely N-dealkylation sites (tertiary alicyclic amines) is 2. The molecule has 1 amide bonds. The van der Waals surface area contributed by atoms with Crippen molar-refractivity contribution in [2.45, 2.75) is 52.1 Å². The van der Waals surface area contributed by atoms with Crippen LogP contribution >= 0.6 is 24.0 Å². The lowest BCUT2D eigenvalue weighted by Crippen LogP contribution is -2.46. The monoisotopic (exact) mass is 508 g/mol. The second-order valence-corrected chi connectivity index (χ2v) is 9.31. The van der Waals surface area contributed by atoms with E-state index < -0.39 is 5.60 Å². The lowest BCUT2D eigenvalue weighted by atomic mass is 9.87. The summed E-state index contributed by atoms with van der Waals surface area (Å²) in [7, 11) is 1.86. The lowest BCUT2D eigenvalue weighted by Gasteiger charge is -2.34. The molecule has 3 aliphatic heterocycles. The number of hydrogen-bond donors (Lipinski definition) is 1. The Balaban J connectivity index is 0.00000280. The van der Waals surface area contributed by atoms with Crippen molar-refractivity contribution in [3.05, 3.63) is 0 Å². The molecular formula is C20H37IN4O3. The van der Waals surface area contributed by atoms with Crippen LogP contribution in [0.5, 0.6) is 0 Å². The van der Waals surface area contributed by atoms with Crippen molar-refractivity contribution in [3.63, 3.8) is 0 Å². The highest BCUT2D eigenvalue weighted by Crippen LogP contribution is 2.38. The van der Waals surface area contributed by atoms with E-state index in [4.69, 9.17) is 9.47 Å². The number of guanidine groups is 1. The van der Waals surface area contributed by atoms with Crippen LogP contribution in [-0.4, -0.2) is 80.4 Å². The van der Waals surface area contributed by atoms with Gasteiger partial charge in [-0.15, -0.1) is 24.0 Å². The molecule has 7 nitrogen and oxygen atoms in total. The minimum atomic E-state index is -0.431. The Labute approximate surface area is 186 Å². The summed E-state index contributed by atoms with van der Waals surface area (Å²) in [6, 6.07) is 0. The number of rotatable bonds is 2. The molecule has 0 aliphatic carbocycles. The van der Waals surface area contributed by atoms with Crippen molar-refractivity contribution >= 4 is 36.0 Å². The van der Waals surface area contributed by atoms with Crippen LogP contribution in [0.2, 0.25) is 0 Å². The number of hydrogen-bond acceptors (Lipinski definition) is 4.